The Hall–Kier alpha value is -3.13. The lowest BCUT2D eigenvalue weighted by molar-refractivity contribution is -0.145. The number of benzene rings is 2. The predicted molar refractivity (Wildman–Crippen MR) is 93.1 cm³/mol. The summed E-state index contributed by atoms with van der Waals surface area (Å²) < 4.78 is 15.8. The summed E-state index contributed by atoms with van der Waals surface area (Å²) >= 11 is 0. The second-order valence-electron chi connectivity index (χ2n) is 6.07. The highest BCUT2D eigenvalue weighted by Crippen LogP contribution is 2.42. The zero-order valence-corrected chi connectivity index (χ0v) is 14.6. The summed E-state index contributed by atoms with van der Waals surface area (Å²) in [6, 6.07) is 6.90. The van der Waals surface area contributed by atoms with Crippen LogP contribution in [0.2, 0.25) is 0 Å². The van der Waals surface area contributed by atoms with Gasteiger partial charge >= 0.3 is 5.97 Å². The maximum absolute atomic E-state index is 11.4. The molecule has 0 aromatic heterocycles. The van der Waals surface area contributed by atoms with Crippen molar-refractivity contribution in [1.29, 1.82) is 0 Å². The maximum Gasteiger partial charge on any atom is 0.344 e. The van der Waals surface area contributed by atoms with Gasteiger partial charge in [-0.15, -0.1) is 0 Å². The molecule has 0 aliphatic carbocycles. The molecule has 1 aliphatic heterocycles. The number of ether oxygens (including phenoxy) is 3. The summed E-state index contributed by atoms with van der Waals surface area (Å²) in [6.45, 7) is 1.52. The number of esters is 1. The molecule has 27 heavy (non-hydrogen) atoms. The van der Waals surface area contributed by atoms with Crippen LogP contribution in [0.3, 0.4) is 0 Å². The summed E-state index contributed by atoms with van der Waals surface area (Å²) in [7, 11) is 0. The maximum atomic E-state index is 11.4. The van der Waals surface area contributed by atoms with Crippen molar-refractivity contribution in [2.24, 2.45) is 0 Å². The minimum Gasteiger partial charge on any atom is -0.508 e. The van der Waals surface area contributed by atoms with Gasteiger partial charge in [0, 0.05) is 24.1 Å². The smallest absolute Gasteiger partial charge is 0.344 e. The van der Waals surface area contributed by atoms with Gasteiger partial charge in [0.15, 0.2) is 18.1 Å². The quantitative estimate of drug-likeness (QED) is 0.582. The van der Waals surface area contributed by atoms with E-state index in [1.165, 1.54) is 24.3 Å². The standard InChI is InChI=1S/C19H20O8/c1-2-25-18(24)9-26-17-5-10(3-4-13(17)21)19-15(23)8-12-14(22)6-11(20)7-16(12)27-19/h3-7,15,19-23H,2,8-9H2,1H3/t15-,19-/m1/s1. The highest BCUT2D eigenvalue weighted by atomic mass is 16.6. The highest BCUT2D eigenvalue weighted by molar-refractivity contribution is 5.71. The molecule has 0 bridgehead atoms. The summed E-state index contributed by atoms with van der Waals surface area (Å²) in [5.74, 6) is -0.775. The van der Waals surface area contributed by atoms with Gasteiger partial charge in [-0.2, -0.15) is 0 Å². The lowest BCUT2D eigenvalue weighted by Gasteiger charge is -2.31. The molecule has 0 spiro atoms. The van der Waals surface area contributed by atoms with E-state index in [9.17, 15) is 25.2 Å². The molecule has 0 saturated heterocycles. The number of phenols is 3. The third kappa shape index (κ3) is 4.01. The summed E-state index contributed by atoms with van der Waals surface area (Å²) in [6.07, 6.45) is -1.67. The van der Waals surface area contributed by atoms with Crippen molar-refractivity contribution >= 4 is 5.97 Å². The van der Waals surface area contributed by atoms with Gasteiger partial charge in [-0.3, -0.25) is 0 Å². The first-order chi connectivity index (χ1) is 12.9. The van der Waals surface area contributed by atoms with Gasteiger partial charge in [0.1, 0.15) is 23.4 Å². The van der Waals surface area contributed by atoms with Gasteiger partial charge in [-0.1, -0.05) is 6.07 Å². The van der Waals surface area contributed by atoms with E-state index >= 15 is 0 Å². The SMILES string of the molecule is CCOC(=O)COc1cc([C@H]2Oc3cc(O)cc(O)c3C[C@H]2O)ccc1O. The summed E-state index contributed by atoms with van der Waals surface area (Å²) in [5.41, 5.74) is 0.891. The van der Waals surface area contributed by atoms with E-state index in [2.05, 4.69) is 0 Å². The fourth-order valence-electron chi connectivity index (χ4n) is 2.91. The molecular formula is C19H20O8. The average Bonchev–Trinajstić information content (AvgIpc) is 2.61. The molecule has 2 atom stereocenters. The Morgan fingerprint density at radius 3 is 2.70 bits per heavy atom. The molecular weight excluding hydrogens is 356 g/mol. The number of rotatable bonds is 5. The third-order valence-electron chi connectivity index (χ3n) is 4.15. The van der Waals surface area contributed by atoms with E-state index in [0.29, 0.717) is 11.1 Å². The second-order valence-corrected chi connectivity index (χ2v) is 6.07. The van der Waals surface area contributed by atoms with Gasteiger partial charge in [0.25, 0.3) is 0 Å². The van der Waals surface area contributed by atoms with Crippen LogP contribution >= 0.6 is 0 Å². The van der Waals surface area contributed by atoms with Gasteiger partial charge in [-0.25, -0.2) is 4.79 Å². The van der Waals surface area contributed by atoms with E-state index in [0.717, 1.165) is 0 Å². The van der Waals surface area contributed by atoms with Crippen LogP contribution in [0, 0.1) is 0 Å². The fraction of sp³-hybridized carbons (Fsp3) is 0.316. The van der Waals surface area contributed by atoms with Crippen LogP contribution in [0.15, 0.2) is 30.3 Å². The molecule has 8 nitrogen and oxygen atoms in total. The van der Waals surface area contributed by atoms with Gasteiger partial charge in [0.2, 0.25) is 0 Å². The number of phenolic OH excluding ortho intramolecular Hbond substituents is 3. The molecule has 0 unspecified atom stereocenters. The first kappa shape index (κ1) is 18.7. The van der Waals surface area contributed by atoms with Crippen LogP contribution in [-0.2, 0) is 16.0 Å². The predicted octanol–water partition coefficient (Wildman–Crippen LogP) is 1.78. The van der Waals surface area contributed by atoms with Gasteiger partial charge < -0.3 is 34.6 Å². The molecule has 0 amide bonds. The topological polar surface area (TPSA) is 126 Å². The zero-order valence-electron chi connectivity index (χ0n) is 14.6. The van der Waals surface area contributed by atoms with Crippen molar-refractivity contribution in [1.82, 2.24) is 0 Å². The zero-order chi connectivity index (χ0) is 19.6. The number of aliphatic hydroxyl groups is 1. The molecule has 3 rings (SSSR count). The number of aromatic hydroxyl groups is 3. The fourth-order valence-corrected chi connectivity index (χ4v) is 2.91. The molecule has 4 N–H and O–H groups in total. The third-order valence-corrected chi connectivity index (χ3v) is 4.15. The van der Waals surface area contributed by atoms with E-state index in [-0.39, 0.29) is 48.4 Å². The Kier molecular flexibility index (Phi) is 5.27. The van der Waals surface area contributed by atoms with Crippen LogP contribution < -0.4 is 9.47 Å². The van der Waals surface area contributed by atoms with Crippen molar-refractivity contribution in [2.45, 2.75) is 25.6 Å². The molecule has 0 saturated carbocycles. The monoisotopic (exact) mass is 376 g/mol. The molecule has 2 aromatic rings. The number of aliphatic hydroxyl groups excluding tert-OH is 1. The van der Waals surface area contributed by atoms with Crippen molar-refractivity contribution in [2.75, 3.05) is 13.2 Å². The number of carbonyl (C=O) groups is 1. The van der Waals surface area contributed by atoms with Crippen LogP contribution in [0.4, 0.5) is 0 Å². The first-order valence-corrected chi connectivity index (χ1v) is 8.40. The molecule has 1 aliphatic rings. The van der Waals surface area contributed by atoms with E-state index in [1.807, 2.05) is 0 Å². The Morgan fingerprint density at radius 2 is 1.96 bits per heavy atom. The second kappa shape index (κ2) is 7.63. The summed E-state index contributed by atoms with van der Waals surface area (Å²) in [4.78, 5) is 11.4. The Balaban J connectivity index is 1.83. The van der Waals surface area contributed by atoms with Crippen molar-refractivity contribution in [3.63, 3.8) is 0 Å². The largest absolute Gasteiger partial charge is 0.508 e. The molecule has 0 fully saturated rings. The Bertz CT molecular complexity index is 848. The van der Waals surface area contributed by atoms with E-state index in [4.69, 9.17) is 14.2 Å². The van der Waals surface area contributed by atoms with Crippen molar-refractivity contribution in [3.8, 4) is 28.7 Å². The molecule has 8 heteroatoms. The van der Waals surface area contributed by atoms with Crippen LogP contribution in [0.1, 0.15) is 24.2 Å². The van der Waals surface area contributed by atoms with E-state index < -0.39 is 18.2 Å². The number of fused-ring (bicyclic) bond motifs is 1. The number of hydrogen-bond acceptors (Lipinski definition) is 8. The lowest BCUT2D eigenvalue weighted by Crippen LogP contribution is -2.30. The van der Waals surface area contributed by atoms with Gasteiger partial charge in [0.05, 0.1) is 12.7 Å². The molecule has 1 heterocycles. The van der Waals surface area contributed by atoms with Crippen molar-refractivity contribution in [3.05, 3.63) is 41.5 Å². The van der Waals surface area contributed by atoms with Crippen LogP contribution in [0.5, 0.6) is 28.7 Å². The normalized spacial score (nSPS) is 18.3. The van der Waals surface area contributed by atoms with Crippen LogP contribution in [0.25, 0.3) is 0 Å². The average molecular weight is 376 g/mol. The number of hydrogen-bond donors (Lipinski definition) is 4. The molecule has 2 aromatic carbocycles. The minimum atomic E-state index is -0.976. The lowest BCUT2D eigenvalue weighted by atomic mass is 9.94. The number of carbonyl (C=O) groups excluding carboxylic acids is 1. The summed E-state index contributed by atoms with van der Waals surface area (Å²) in [5, 5.41) is 39.9. The van der Waals surface area contributed by atoms with Crippen LogP contribution in [-0.4, -0.2) is 45.7 Å². The Morgan fingerprint density at radius 1 is 1.19 bits per heavy atom. The molecule has 0 radical (unpaired) electrons. The Labute approximate surface area is 155 Å². The molecule has 144 valence electrons. The highest BCUT2D eigenvalue weighted by Gasteiger charge is 2.32. The van der Waals surface area contributed by atoms with Crippen molar-refractivity contribution < 1.29 is 39.4 Å². The van der Waals surface area contributed by atoms with E-state index in [1.54, 1.807) is 13.0 Å². The first-order valence-electron chi connectivity index (χ1n) is 8.40. The minimum absolute atomic E-state index is 0.0425. The van der Waals surface area contributed by atoms with Gasteiger partial charge in [-0.05, 0) is 24.6 Å².